The first-order chi connectivity index (χ1) is 16.9. The van der Waals surface area contributed by atoms with Crippen molar-refractivity contribution in [3.63, 3.8) is 0 Å². The van der Waals surface area contributed by atoms with Gasteiger partial charge in [0, 0.05) is 11.3 Å². The number of nitrogens with zero attached hydrogens (tertiary/aromatic N) is 3. The molecule has 0 unspecified atom stereocenters. The fourth-order valence-electron chi connectivity index (χ4n) is 6.19. The first kappa shape index (κ1) is 25.2. The molecule has 2 heterocycles. The van der Waals surface area contributed by atoms with Gasteiger partial charge in [-0.3, -0.25) is 4.31 Å². The van der Waals surface area contributed by atoms with E-state index in [1.807, 2.05) is 0 Å². The van der Waals surface area contributed by atoms with Crippen LogP contribution in [0.2, 0.25) is 0 Å². The molecule has 36 heavy (non-hydrogen) atoms. The summed E-state index contributed by atoms with van der Waals surface area (Å²) in [6, 6.07) is 11.6. The molecule has 3 nitrogen and oxygen atoms in total. The topological polar surface area (TPSA) is 21.1 Å². The highest BCUT2D eigenvalue weighted by atomic mass is 32.2. The Morgan fingerprint density at radius 2 is 1.69 bits per heavy atom. The van der Waals surface area contributed by atoms with Gasteiger partial charge in [0.25, 0.3) is 0 Å². The van der Waals surface area contributed by atoms with Crippen molar-refractivity contribution < 1.29 is 0 Å². The van der Waals surface area contributed by atoms with E-state index in [0.717, 1.165) is 17.8 Å². The predicted octanol–water partition coefficient (Wildman–Crippen LogP) is 9.52. The first-order valence-electron chi connectivity index (χ1n) is 13.4. The summed E-state index contributed by atoms with van der Waals surface area (Å²) in [7, 11) is 0. The molecule has 0 saturated carbocycles. The van der Waals surface area contributed by atoms with Crippen molar-refractivity contribution in [2.24, 2.45) is 5.41 Å². The molecule has 5 rings (SSSR count). The van der Waals surface area contributed by atoms with E-state index in [1.54, 1.807) is 12.1 Å². The molecule has 0 spiro atoms. The molecule has 1 aromatic heterocycles. The summed E-state index contributed by atoms with van der Waals surface area (Å²) in [6.45, 7) is 23.4. The molecule has 2 aliphatic rings. The number of benzene rings is 2. The van der Waals surface area contributed by atoms with Gasteiger partial charge in [-0.05, 0) is 76.5 Å². The molecule has 1 aliphatic carbocycles. The fourth-order valence-corrected chi connectivity index (χ4v) is 7.27. The molecule has 190 valence electrons. The van der Waals surface area contributed by atoms with Crippen LogP contribution in [0.25, 0.3) is 22.4 Å². The van der Waals surface area contributed by atoms with E-state index in [0.29, 0.717) is 5.92 Å². The number of hydrogen-bond donors (Lipinski definition) is 0. The molecule has 0 fully saturated rings. The second-order valence-electron chi connectivity index (χ2n) is 12.3. The van der Waals surface area contributed by atoms with E-state index in [4.69, 9.17) is 4.98 Å². The van der Waals surface area contributed by atoms with Crippen LogP contribution in [0.3, 0.4) is 0 Å². The summed E-state index contributed by atoms with van der Waals surface area (Å²) in [6.07, 6.45) is 7.65. The second kappa shape index (κ2) is 8.28. The van der Waals surface area contributed by atoms with Crippen LogP contribution in [0.1, 0.15) is 98.3 Å². The lowest BCUT2D eigenvalue weighted by molar-refractivity contribution is 0.125. The number of rotatable bonds is 4. The van der Waals surface area contributed by atoms with Crippen LogP contribution in [-0.4, -0.2) is 8.96 Å². The number of aromatic nitrogens is 2. The highest BCUT2D eigenvalue weighted by Gasteiger charge is 2.57. The molecular formula is C32H41N3S. The van der Waals surface area contributed by atoms with Crippen LogP contribution in [0, 0.1) is 5.41 Å². The number of fused-ring (bicyclic) bond motifs is 6. The minimum Gasteiger partial charge on any atom is -0.266 e. The maximum atomic E-state index is 5.34. The highest BCUT2D eigenvalue weighted by molar-refractivity contribution is 7.99. The Balaban J connectivity index is 1.84. The van der Waals surface area contributed by atoms with E-state index >= 15 is 0 Å². The Hall–Kier alpha value is -2.46. The number of hydrogen-bond acceptors (Lipinski definition) is 3. The van der Waals surface area contributed by atoms with Crippen molar-refractivity contribution >= 4 is 28.9 Å². The lowest BCUT2D eigenvalue weighted by Gasteiger charge is -2.44. The molecule has 3 aromatic rings. The summed E-state index contributed by atoms with van der Waals surface area (Å²) < 4.78 is 4.77. The zero-order valence-electron chi connectivity index (χ0n) is 23.7. The third-order valence-corrected chi connectivity index (χ3v) is 10.6. The molecule has 0 amide bonds. The molecule has 0 bridgehead atoms. The number of imidazole rings is 1. The van der Waals surface area contributed by atoms with E-state index in [1.165, 1.54) is 39.2 Å². The van der Waals surface area contributed by atoms with Crippen molar-refractivity contribution in [1.29, 1.82) is 0 Å². The van der Waals surface area contributed by atoms with Crippen molar-refractivity contribution in [3.8, 4) is 11.4 Å². The summed E-state index contributed by atoms with van der Waals surface area (Å²) in [5.41, 5.74) is 10.5. The molecule has 0 saturated heterocycles. The van der Waals surface area contributed by atoms with Crippen LogP contribution in [0.4, 0.5) is 5.69 Å². The average Bonchev–Trinajstić information content (AvgIpc) is 3.23. The van der Waals surface area contributed by atoms with E-state index in [2.05, 4.69) is 126 Å². The van der Waals surface area contributed by atoms with Gasteiger partial charge >= 0.3 is 0 Å². The molecule has 4 heteroatoms. The Kier molecular flexibility index (Phi) is 5.79. The fraction of sp³-hybridized carbons (Fsp3) is 0.469. The Morgan fingerprint density at radius 3 is 2.31 bits per heavy atom. The van der Waals surface area contributed by atoms with Gasteiger partial charge in [0.05, 0.1) is 28.9 Å². The minimum absolute atomic E-state index is 0.0585. The van der Waals surface area contributed by atoms with Gasteiger partial charge in [-0.15, -0.1) is 0 Å². The predicted molar refractivity (Wildman–Crippen MR) is 158 cm³/mol. The first-order valence-corrected chi connectivity index (χ1v) is 14.1. The SMILES string of the molecule is C/C=C\C(=C/CC)N1Sn2c(nc3cc4c(cc32)C(C)(C)C(C)(C)C4(C)C)-c2c(C(C)C)cccc21. The summed E-state index contributed by atoms with van der Waals surface area (Å²) >= 11 is 1.76. The maximum absolute atomic E-state index is 5.34. The lowest BCUT2D eigenvalue weighted by atomic mass is 9.59. The van der Waals surface area contributed by atoms with Crippen LogP contribution in [0.15, 0.2) is 54.3 Å². The summed E-state index contributed by atoms with van der Waals surface area (Å²) in [5.74, 6) is 1.47. The summed E-state index contributed by atoms with van der Waals surface area (Å²) in [4.78, 5) is 5.34. The van der Waals surface area contributed by atoms with Gasteiger partial charge in [0.1, 0.15) is 0 Å². The smallest absolute Gasteiger partial charge is 0.155 e. The van der Waals surface area contributed by atoms with Crippen molar-refractivity contribution in [2.45, 2.75) is 92.4 Å². The van der Waals surface area contributed by atoms with Crippen LogP contribution >= 0.6 is 12.1 Å². The molecular weight excluding hydrogens is 458 g/mol. The molecule has 0 atom stereocenters. The Morgan fingerprint density at radius 1 is 1.03 bits per heavy atom. The van der Waals surface area contributed by atoms with Crippen LogP contribution in [0.5, 0.6) is 0 Å². The highest BCUT2D eigenvalue weighted by Crippen LogP contribution is 2.62. The van der Waals surface area contributed by atoms with Gasteiger partial charge in [-0.2, -0.15) is 0 Å². The normalized spacial score (nSPS) is 19.8. The maximum Gasteiger partial charge on any atom is 0.155 e. The Bertz CT molecular complexity index is 1410. The third-order valence-electron chi connectivity index (χ3n) is 9.51. The van der Waals surface area contributed by atoms with E-state index in [9.17, 15) is 0 Å². The van der Waals surface area contributed by atoms with Crippen molar-refractivity contribution in [3.05, 3.63) is 70.9 Å². The van der Waals surface area contributed by atoms with Gasteiger partial charge < -0.3 is 0 Å². The second-order valence-corrected chi connectivity index (χ2v) is 13.2. The Labute approximate surface area is 222 Å². The average molecular weight is 500 g/mol. The van der Waals surface area contributed by atoms with Gasteiger partial charge in [-0.25, -0.2) is 8.96 Å². The van der Waals surface area contributed by atoms with Crippen LogP contribution in [-0.2, 0) is 10.8 Å². The standard InChI is InChI=1S/C32H41N3S/c1-11-14-21(15-12-2)34-26-17-13-16-22(20(3)4)28(26)29-33-25-18-23-24(19-27(25)35(29)36-34)31(7,8)32(9,10)30(23,5)6/h11,13-20H,12H2,1-10H3/b14-11-,21-15+. The van der Waals surface area contributed by atoms with E-state index < -0.39 is 0 Å². The van der Waals surface area contributed by atoms with Crippen molar-refractivity contribution in [2.75, 3.05) is 4.31 Å². The number of anilines is 1. The van der Waals surface area contributed by atoms with Crippen molar-refractivity contribution in [1.82, 2.24) is 8.96 Å². The summed E-state index contributed by atoms with van der Waals surface area (Å²) in [5, 5.41) is 0. The third kappa shape index (κ3) is 3.22. The lowest BCUT2D eigenvalue weighted by Crippen LogP contribution is -2.42. The quantitative estimate of drug-likeness (QED) is 0.263. The van der Waals surface area contributed by atoms with Gasteiger partial charge in [-0.1, -0.05) is 86.6 Å². The zero-order valence-corrected chi connectivity index (χ0v) is 24.5. The van der Waals surface area contributed by atoms with Crippen LogP contribution < -0.4 is 4.31 Å². The zero-order chi connectivity index (χ0) is 26.2. The minimum atomic E-state index is 0.0585. The van der Waals surface area contributed by atoms with Gasteiger partial charge in [0.2, 0.25) is 0 Å². The monoisotopic (exact) mass is 499 g/mol. The van der Waals surface area contributed by atoms with E-state index in [-0.39, 0.29) is 16.2 Å². The number of allylic oxidation sites excluding steroid dienone is 3. The van der Waals surface area contributed by atoms with Gasteiger partial charge in [0.15, 0.2) is 5.82 Å². The molecule has 1 aliphatic heterocycles. The molecule has 0 radical (unpaired) electrons. The largest absolute Gasteiger partial charge is 0.266 e. The molecule has 0 N–H and O–H groups in total. The molecule has 2 aromatic carbocycles.